The van der Waals surface area contributed by atoms with Gasteiger partial charge in [0.25, 0.3) is 0 Å². The average molecular weight is 380 g/mol. The van der Waals surface area contributed by atoms with Gasteiger partial charge in [0.1, 0.15) is 12.4 Å². The summed E-state index contributed by atoms with van der Waals surface area (Å²) in [6, 6.07) is 11.2. The lowest BCUT2D eigenvalue weighted by atomic mass is 10.2. The number of hydrogen-bond acceptors (Lipinski definition) is 1. The van der Waals surface area contributed by atoms with Crippen LogP contribution in [0.3, 0.4) is 0 Å². The minimum Gasteiger partial charge on any atom is -0.487 e. The van der Waals surface area contributed by atoms with Crippen LogP contribution in [0.2, 0.25) is 10.0 Å². The highest BCUT2D eigenvalue weighted by Crippen LogP contribution is 2.32. The van der Waals surface area contributed by atoms with Gasteiger partial charge in [-0.15, -0.1) is 11.6 Å². The standard InChI is InChI=1S/C14H10BrCl3O/c15-11-5-1-3-9(7-16)14(11)19-8-10-4-2-6-12(17)13(10)18/h1-6H,7-8H2. The number of hydrogen-bond donors (Lipinski definition) is 0. The van der Waals surface area contributed by atoms with Gasteiger partial charge in [0.05, 0.1) is 20.4 Å². The summed E-state index contributed by atoms with van der Waals surface area (Å²) in [5.41, 5.74) is 1.76. The third kappa shape index (κ3) is 3.57. The van der Waals surface area contributed by atoms with Gasteiger partial charge in [-0.05, 0) is 28.1 Å². The van der Waals surface area contributed by atoms with Crippen LogP contribution < -0.4 is 4.74 Å². The fourth-order valence-corrected chi connectivity index (χ4v) is 2.74. The lowest BCUT2D eigenvalue weighted by Gasteiger charge is -2.13. The van der Waals surface area contributed by atoms with Crippen LogP contribution in [0.25, 0.3) is 0 Å². The second-order valence-electron chi connectivity index (χ2n) is 3.86. The van der Waals surface area contributed by atoms with Gasteiger partial charge in [-0.1, -0.05) is 47.5 Å². The zero-order valence-electron chi connectivity index (χ0n) is 9.80. The number of para-hydroxylation sites is 1. The molecule has 1 nitrogen and oxygen atoms in total. The van der Waals surface area contributed by atoms with Crippen molar-refractivity contribution in [1.82, 2.24) is 0 Å². The van der Waals surface area contributed by atoms with Gasteiger partial charge in [-0.25, -0.2) is 0 Å². The highest BCUT2D eigenvalue weighted by atomic mass is 79.9. The van der Waals surface area contributed by atoms with Crippen LogP contribution in [0.1, 0.15) is 11.1 Å². The van der Waals surface area contributed by atoms with Crippen LogP contribution in [0.4, 0.5) is 0 Å². The molecule has 100 valence electrons. The lowest BCUT2D eigenvalue weighted by Crippen LogP contribution is -1.99. The Bertz CT molecular complexity index is 587. The normalized spacial score (nSPS) is 10.5. The molecule has 19 heavy (non-hydrogen) atoms. The molecule has 0 spiro atoms. The molecule has 0 radical (unpaired) electrons. The predicted molar refractivity (Wildman–Crippen MR) is 84.5 cm³/mol. The van der Waals surface area contributed by atoms with Crippen LogP contribution in [0, 0.1) is 0 Å². The Kier molecular flexibility index (Phi) is 5.40. The van der Waals surface area contributed by atoms with E-state index in [2.05, 4.69) is 15.9 Å². The number of rotatable bonds is 4. The third-order valence-electron chi connectivity index (χ3n) is 2.60. The van der Waals surface area contributed by atoms with Gasteiger partial charge in [0, 0.05) is 11.1 Å². The summed E-state index contributed by atoms with van der Waals surface area (Å²) in [6.45, 7) is 0.339. The number of ether oxygens (including phenoxy) is 1. The van der Waals surface area contributed by atoms with E-state index >= 15 is 0 Å². The minimum absolute atomic E-state index is 0.339. The molecule has 0 fully saturated rings. The molecule has 0 amide bonds. The molecular weight excluding hydrogens is 370 g/mol. The van der Waals surface area contributed by atoms with Gasteiger partial charge < -0.3 is 4.74 Å². The first-order valence-electron chi connectivity index (χ1n) is 5.52. The molecule has 0 N–H and O–H groups in total. The molecule has 2 aromatic carbocycles. The van der Waals surface area contributed by atoms with Gasteiger partial charge in [-0.2, -0.15) is 0 Å². The summed E-state index contributed by atoms with van der Waals surface area (Å²) in [7, 11) is 0. The fraction of sp³-hybridized carbons (Fsp3) is 0.143. The van der Waals surface area contributed by atoms with Gasteiger partial charge in [0.2, 0.25) is 0 Å². The van der Waals surface area contributed by atoms with Crippen LogP contribution in [0.15, 0.2) is 40.9 Å². The molecular formula is C14H10BrCl3O. The van der Waals surface area contributed by atoms with Gasteiger partial charge >= 0.3 is 0 Å². The second kappa shape index (κ2) is 6.85. The Balaban J connectivity index is 2.21. The van der Waals surface area contributed by atoms with E-state index in [1.54, 1.807) is 6.07 Å². The van der Waals surface area contributed by atoms with Crippen molar-refractivity contribution in [1.29, 1.82) is 0 Å². The maximum atomic E-state index is 6.12. The largest absolute Gasteiger partial charge is 0.487 e. The van der Waals surface area contributed by atoms with E-state index in [0.717, 1.165) is 21.3 Å². The monoisotopic (exact) mass is 378 g/mol. The molecule has 0 saturated heterocycles. The van der Waals surface area contributed by atoms with Crippen molar-refractivity contribution in [3.63, 3.8) is 0 Å². The van der Waals surface area contributed by atoms with Gasteiger partial charge in [0.15, 0.2) is 0 Å². The Hall–Kier alpha value is -0.410. The lowest BCUT2D eigenvalue weighted by molar-refractivity contribution is 0.302. The topological polar surface area (TPSA) is 9.23 Å². The summed E-state index contributed by atoms with van der Waals surface area (Å²) < 4.78 is 6.67. The molecule has 0 bridgehead atoms. The Morgan fingerprint density at radius 2 is 1.68 bits per heavy atom. The predicted octanol–water partition coefficient (Wildman–Crippen LogP) is 6.07. The smallest absolute Gasteiger partial charge is 0.138 e. The molecule has 0 aliphatic carbocycles. The third-order valence-corrected chi connectivity index (χ3v) is 4.37. The van der Waals surface area contributed by atoms with E-state index in [1.165, 1.54) is 0 Å². The van der Waals surface area contributed by atoms with Crippen LogP contribution in [-0.2, 0) is 12.5 Å². The van der Waals surface area contributed by atoms with Crippen molar-refractivity contribution in [2.45, 2.75) is 12.5 Å². The van der Waals surface area contributed by atoms with E-state index in [4.69, 9.17) is 39.5 Å². The van der Waals surface area contributed by atoms with Crippen molar-refractivity contribution in [2.75, 3.05) is 0 Å². The Labute approximate surface area is 135 Å². The van der Waals surface area contributed by atoms with Crippen LogP contribution in [0.5, 0.6) is 5.75 Å². The molecule has 0 aromatic heterocycles. The van der Waals surface area contributed by atoms with E-state index in [1.807, 2.05) is 30.3 Å². The molecule has 0 saturated carbocycles. The molecule has 0 heterocycles. The highest BCUT2D eigenvalue weighted by Gasteiger charge is 2.10. The second-order valence-corrected chi connectivity index (χ2v) is 5.77. The molecule has 0 unspecified atom stereocenters. The Morgan fingerprint density at radius 3 is 2.42 bits per heavy atom. The SMILES string of the molecule is ClCc1cccc(Br)c1OCc1cccc(Cl)c1Cl. The van der Waals surface area contributed by atoms with Crippen molar-refractivity contribution in [3.05, 3.63) is 62.0 Å². The van der Waals surface area contributed by atoms with E-state index < -0.39 is 0 Å². The quantitative estimate of drug-likeness (QED) is 0.585. The van der Waals surface area contributed by atoms with Crippen molar-refractivity contribution in [3.8, 4) is 5.75 Å². The Morgan fingerprint density at radius 1 is 1.00 bits per heavy atom. The van der Waals surface area contributed by atoms with Gasteiger partial charge in [-0.3, -0.25) is 0 Å². The molecule has 0 aliphatic heterocycles. The minimum atomic E-state index is 0.339. The van der Waals surface area contributed by atoms with Crippen molar-refractivity contribution >= 4 is 50.7 Å². The van der Waals surface area contributed by atoms with Crippen molar-refractivity contribution in [2.24, 2.45) is 0 Å². The summed E-state index contributed by atoms with van der Waals surface area (Å²) in [6.07, 6.45) is 0. The van der Waals surface area contributed by atoms with E-state index in [-0.39, 0.29) is 0 Å². The summed E-state index contributed by atoms with van der Waals surface area (Å²) >= 11 is 21.4. The van der Waals surface area contributed by atoms with E-state index in [0.29, 0.717) is 22.5 Å². The molecule has 2 aromatic rings. The zero-order chi connectivity index (χ0) is 13.8. The number of benzene rings is 2. The maximum absolute atomic E-state index is 6.12. The van der Waals surface area contributed by atoms with Crippen LogP contribution in [-0.4, -0.2) is 0 Å². The van der Waals surface area contributed by atoms with Crippen molar-refractivity contribution < 1.29 is 4.74 Å². The molecule has 2 rings (SSSR count). The first-order chi connectivity index (χ1) is 9.13. The summed E-state index contributed by atoms with van der Waals surface area (Å²) in [5, 5.41) is 1.04. The average Bonchev–Trinajstić information content (AvgIpc) is 2.41. The molecule has 5 heteroatoms. The maximum Gasteiger partial charge on any atom is 0.138 e. The zero-order valence-corrected chi connectivity index (χ0v) is 13.7. The summed E-state index contributed by atoms with van der Waals surface area (Å²) in [4.78, 5) is 0. The van der Waals surface area contributed by atoms with Crippen LogP contribution >= 0.6 is 50.7 Å². The molecule has 0 atom stereocenters. The number of alkyl halides is 1. The fourth-order valence-electron chi connectivity index (χ4n) is 1.63. The number of halogens is 4. The highest BCUT2D eigenvalue weighted by molar-refractivity contribution is 9.10. The molecule has 0 aliphatic rings. The summed E-state index contributed by atoms with van der Waals surface area (Å²) in [5.74, 6) is 1.12. The van der Waals surface area contributed by atoms with E-state index in [9.17, 15) is 0 Å². The first kappa shape index (κ1) is 15.0. The first-order valence-corrected chi connectivity index (χ1v) is 7.61.